The number of hydrogen-bond acceptors (Lipinski definition) is 4. The van der Waals surface area contributed by atoms with E-state index < -0.39 is 10.0 Å². The number of hydrogen-bond donors (Lipinski definition) is 2. The highest BCUT2D eigenvalue weighted by molar-refractivity contribution is 7.89. The molecule has 1 heterocycles. The smallest absolute Gasteiger partial charge is 0.241 e. The summed E-state index contributed by atoms with van der Waals surface area (Å²) >= 11 is 5.87. The summed E-state index contributed by atoms with van der Waals surface area (Å²) in [6, 6.07) is 4.19. The van der Waals surface area contributed by atoms with Gasteiger partial charge in [-0.05, 0) is 43.5 Å². The van der Waals surface area contributed by atoms with Crippen LogP contribution in [-0.4, -0.2) is 33.2 Å². The van der Waals surface area contributed by atoms with E-state index in [1.54, 1.807) is 19.1 Å². The molecule has 3 rings (SSSR count). The molecule has 1 saturated carbocycles. The summed E-state index contributed by atoms with van der Waals surface area (Å²) in [5.74, 6) is 0.262. The Morgan fingerprint density at radius 3 is 2.90 bits per heavy atom. The summed E-state index contributed by atoms with van der Waals surface area (Å²) in [6.45, 7) is 2.40. The molecule has 1 aliphatic carbocycles. The second-order valence-electron chi connectivity index (χ2n) is 5.78. The molecule has 3 N–H and O–H groups in total. The van der Waals surface area contributed by atoms with E-state index in [1.165, 1.54) is 6.07 Å². The quantitative estimate of drug-likeness (QED) is 0.878. The lowest BCUT2D eigenvalue weighted by Gasteiger charge is -2.52. The molecule has 1 aromatic carbocycles. The van der Waals surface area contributed by atoms with Crippen LogP contribution in [0.4, 0.5) is 0 Å². The van der Waals surface area contributed by atoms with E-state index in [-0.39, 0.29) is 29.0 Å². The number of sulfonamides is 1. The lowest BCUT2D eigenvalue weighted by atomic mass is 9.69. The van der Waals surface area contributed by atoms with Crippen molar-refractivity contribution in [2.45, 2.75) is 42.8 Å². The summed E-state index contributed by atoms with van der Waals surface area (Å²) in [5, 5.41) is 0.516. The molecule has 5 nitrogen and oxygen atoms in total. The molecule has 1 aliphatic heterocycles. The molecule has 0 bridgehead atoms. The lowest BCUT2D eigenvalue weighted by molar-refractivity contribution is -0.114. The number of benzene rings is 1. The molecule has 1 saturated heterocycles. The topological polar surface area (TPSA) is 81.4 Å². The second kappa shape index (κ2) is 5.52. The van der Waals surface area contributed by atoms with Crippen LogP contribution in [0.15, 0.2) is 23.1 Å². The zero-order chi connectivity index (χ0) is 15.2. The molecule has 2 aliphatic rings. The standard InChI is InChI=1S/C14H19ClN2O3S/c1-8-7-9(15)4-5-11(8)21(18,19)17-13-12(16)10-3-2-6-20-14(10)13/h4-5,7,10,12-14,17H,2-3,6,16H2,1H3. The van der Waals surface area contributed by atoms with Gasteiger partial charge in [-0.1, -0.05) is 11.6 Å². The molecule has 116 valence electrons. The monoisotopic (exact) mass is 330 g/mol. The van der Waals surface area contributed by atoms with E-state index in [4.69, 9.17) is 22.1 Å². The van der Waals surface area contributed by atoms with Gasteiger partial charge in [-0.25, -0.2) is 13.1 Å². The molecule has 1 aromatic rings. The molecule has 0 spiro atoms. The van der Waals surface area contributed by atoms with Gasteiger partial charge in [0.2, 0.25) is 10.0 Å². The van der Waals surface area contributed by atoms with Gasteiger partial charge in [-0.15, -0.1) is 0 Å². The number of rotatable bonds is 3. The van der Waals surface area contributed by atoms with Crippen molar-refractivity contribution in [1.29, 1.82) is 0 Å². The maximum Gasteiger partial charge on any atom is 0.241 e. The van der Waals surface area contributed by atoms with Crippen LogP contribution >= 0.6 is 11.6 Å². The fourth-order valence-corrected chi connectivity index (χ4v) is 4.98. The van der Waals surface area contributed by atoms with Gasteiger partial charge in [0.25, 0.3) is 0 Å². The molecule has 4 unspecified atom stereocenters. The highest BCUT2D eigenvalue weighted by Crippen LogP contribution is 2.37. The third kappa shape index (κ3) is 2.71. The SMILES string of the molecule is Cc1cc(Cl)ccc1S(=O)(=O)NC1C(N)C2CCCOC21. The number of fused-ring (bicyclic) bond motifs is 1. The Labute approximate surface area is 129 Å². The minimum Gasteiger partial charge on any atom is -0.376 e. The second-order valence-corrected chi connectivity index (χ2v) is 7.89. The van der Waals surface area contributed by atoms with Crippen molar-refractivity contribution in [3.8, 4) is 0 Å². The summed E-state index contributed by atoms with van der Waals surface area (Å²) in [6.07, 6.45) is 1.89. The third-order valence-electron chi connectivity index (χ3n) is 4.39. The fourth-order valence-electron chi connectivity index (χ4n) is 3.25. The Balaban J connectivity index is 1.80. The van der Waals surface area contributed by atoms with Crippen molar-refractivity contribution in [1.82, 2.24) is 4.72 Å². The number of aryl methyl sites for hydroxylation is 1. The van der Waals surface area contributed by atoms with Gasteiger partial charge in [-0.2, -0.15) is 0 Å². The maximum absolute atomic E-state index is 12.5. The minimum atomic E-state index is -3.62. The van der Waals surface area contributed by atoms with E-state index in [0.717, 1.165) is 12.8 Å². The van der Waals surface area contributed by atoms with Gasteiger partial charge >= 0.3 is 0 Å². The van der Waals surface area contributed by atoms with E-state index in [0.29, 0.717) is 17.2 Å². The van der Waals surface area contributed by atoms with Crippen molar-refractivity contribution in [2.24, 2.45) is 11.7 Å². The largest absolute Gasteiger partial charge is 0.376 e. The zero-order valence-corrected chi connectivity index (χ0v) is 13.3. The van der Waals surface area contributed by atoms with Crippen molar-refractivity contribution in [3.63, 3.8) is 0 Å². The third-order valence-corrected chi connectivity index (χ3v) is 6.25. The lowest BCUT2D eigenvalue weighted by Crippen LogP contribution is -2.71. The van der Waals surface area contributed by atoms with Crippen molar-refractivity contribution in [3.05, 3.63) is 28.8 Å². The summed E-state index contributed by atoms with van der Waals surface area (Å²) in [5.41, 5.74) is 6.71. The predicted molar refractivity (Wildman–Crippen MR) is 80.7 cm³/mol. The molecule has 0 aromatic heterocycles. The Hall–Kier alpha value is -0.660. The van der Waals surface area contributed by atoms with Crippen LogP contribution in [0.1, 0.15) is 18.4 Å². The fraction of sp³-hybridized carbons (Fsp3) is 0.571. The van der Waals surface area contributed by atoms with Crippen LogP contribution in [0, 0.1) is 12.8 Å². The molecule has 0 radical (unpaired) electrons. The molecular formula is C14H19ClN2O3S. The Morgan fingerprint density at radius 1 is 1.43 bits per heavy atom. The predicted octanol–water partition coefficient (Wildman–Crippen LogP) is 1.43. The zero-order valence-electron chi connectivity index (χ0n) is 11.8. The number of ether oxygens (including phenoxy) is 1. The first-order valence-corrected chi connectivity index (χ1v) is 8.92. The summed E-state index contributed by atoms with van der Waals surface area (Å²) in [7, 11) is -3.62. The summed E-state index contributed by atoms with van der Waals surface area (Å²) in [4.78, 5) is 0.235. The van der Waals surface area contributed by atoms with Crippen molar-refractivity contribution in [2.75, 3.05) is 6.61 Å². The number of halogens is 1. The molecule has 7 heteroatoms. The van der Waals surface area contributed by atoms with Crippen molar-refractivity contribution < 1.29 is 13.2 Å². The van der Waals surface area contributed by atoms with Crippen LogP contribution in [0.5, 0.6) is 0 Å². The average molecular weight is 331 g/mol. The van der Waals surface area contributed by atoms with E-state index >= 15 is 0 Å². The first-order valence-electron chi connectivity index (χ1n) is 7.06. The van der Waals surface area contributed by atoms with E-state index in [2.05, 4.69) is 4.72 Å². The Morgan fingerprint density at radius 2 is 2.19 bits per heavy atom. The average Bonchev–Trinajstić information content (AvgIpc) is 2.44. The maximum atomic E-state index is 12.5. The van der Waals surface area contributed by atoms with Gasteiger partial charge in [0.1, 0.15) is 0 Å². The van der Waals surface area contributed by atoms with Gasteiger partial charge in [-0.3, -0.25) is 0 Å². The van der Waals surface area contributed by atoms with Gasteiger partial charge < -0.3 is 10.5 Å². The van der Waals surface area contributed by atoms with Crippen LogP contribution in [-0.2, 0) is 14.8 Å². The van der Waals surface area contributed by atoms with E-state index in [1.807, 2.05) is 0 Å². The number of nitrogens with one attached hydrogen (secondary N) is 1. The molecule has 21 heavy (non-hydrogen) atoms. The minimum absolute atomic E-state index is 0.101. The normalized spacial score (nSPS) is 32.3. The van der Waals surface area contributed by atoms with Crippen LogP contribution in [0.2, 0.25) is 5.02 Å². The van der Waals surface area contributed by atoms with E-state index in [9.17, 15) is 8.42 Å². The molecule has 2 fully saturated rings. The van der Waals surface area contributed by atoms with Crippen molar-refractivity contribution >= 4 is 21.6 Å². The Bertz CT molecular complexity index is 650. The Kier molecular flexibility index (Phi) is 4.00. The molecule has 4 atom stereocenters. The van der Waals surface area contributed by atoms with Gasteiger partial charge in [0.05, 0.1) is 17.0 Å². The molecule has 0 amide bonds. The van der Waals surface area contributed by atoms with Gasteiger partial charge in [0.15, 0.2) is 0 Å². The first kappa shape index (κ1) is 15.2. The highest BCUT2D eigenvalue weighted by atomic mass is 35.5. The van der Waals surface area contributed by atoms with Crippen LogP contribution < -0.4 is 10.5 Å². The van der Waals surface area contributed by atoms with Crippen LogP contribution in [0.25, 0.3) is 0 Å². The first-order chi connectivity index (χ1) is 9.90. The number of nitrogens with two attached hydrogens (primary N) is 1. The van der Waals surface area contributed by atoms with Gasteiger partial charge in [0, 0.05) is 23.6 Å². The highest BCUT2D eigenvalue weighted by Gasteiger charge is 2.51. The molecular weight excluding hydrogens is 312 g/mol. The van der Waals surface area contributed by atoms with Crippen LogP contribution in [0.3, 0.4) is 0 Å². The summed E-state index contributed by atoms with van der Waals surface area (Å²) < 4.78 is 33.4.